The standard InChI is InChI=1S/C41H49N3O8/c1-3-12-33(25-38(46)42-34(26-45)24-30-19-21-36(22-20-30)50-27-31-14-7-5-8-15-31)39(47)44-23-11-18-35(44)29-51-40(48)37(13-4-2)43-41(49)52-28-32-16-9-6-10-17-32/h3-10,14-17,19-22,33-35,37,45H,1-2,11-13,18,23-29H2,(H,42,46)(H,43,49)/t33-,34-,35-,37+/m0/s1. The summed E-state index contributed by atoms with van der Waals surface area (Å²) in [7, 11) is 0. The lowest BCUT2D eigenvalue weighted by molar-refractivity contribution is -0.150. The second kappa shape index (κ2) is 21.1. The highest BCUT2D eigenvalue weighted by atomic mass is 16.6. The SMILES string of the molecule is C=CC[C@@H](CC(=O)N[C@H](CO)Cc1ccc(OCc2ccccc2)cc1)C(=O)N1CCC[C@H]1COC(=O)[C@@H](CC=C)NC(=O)OCc1ccccc1. The minimum Gasteiger partial charge on any atom is -0.489 e. The molecule has 11 nitrogen and oxygen atoms in total. The van der Waals surface area contributed by atoms with Gasteiger partial charge in [-0.05, 0) is 60.9 Å². The van der Waals surface area contributed by atoms with Crippen molar-refractivity contribution in [2.24, 2.45) is 5.92 Å². The Labute approximate surface area is 305 Å². The van der Waals surface area contributed by atoms with Crippen LogP contribution in [-0.4, -0.2) is 71.8 Å². The first kappa shape index (κ1) is 39.4. The molecule has 3 aromatic carbocycles. The fourth-order valence-electron chi connectivity index (χ4n) is 5.99. The lowest BCUT2D eigenvalue weighted by Gasteiger charge is -2.29. The molecule has 0 spiro atoms. The normalized spacial score (nSPS) is 15.4. The number of hydrogen-bond donors (Lipinski definition) is 3. The highest BCUT2D eigenvalue weighted by Crippen LogP contribution is 2.24. The Morgan fingerprint density at radius 2 is 1.48 bits per heavy atom. The third-order valence-electron chi connectivity index (χ3n) is 8.74. The van der Waals surface area contributed by atoms with Gasteiger partial charge >= 0.3 is 12.1 Å². The predicted octanol–water partition coefficient (Wildman–Crippen LogP) is 5.27. The summed E-state index contributed by atoms with van der Waals surface area (Å²) in [6.07, 6.45) is 4.39. The number of esters is 1. The first-order chi connectivity index (χ1) is 25.3. The second-order valence-electron chi connectivity index (χ2n) is 12.7. The maximum absolute atomic E-state index is 13.7. The van der Waals surface area contributed by atoms with Crippen molar-refractivity contribution in [3.05, 3.63) is 127 Å². The summed E-state index contributed by atoms with van der Waals surface area (Å²) >= 11 is 0. The van der Waals surface area contributed by atoms with Gasteiger partial charge in [-0.1, -0.05) is 84.9 Å². The molecule has 1 heterocycles. The Kier molecular flexibility index (Phi) is 15.9. The molecule has 1 saturated heterocycles. The zero-order valence-electron chi connectivity index (χ0n) is 29.5. The lowest BCUT2D eigenvalue weighted by atomic mass is 9.98. The minimum atomic E-state index is -1.01. The number of nitrogens with zero attached hydrogens (tertiary/aromatic N) is 1. The Hall–Kier alpha value is -5.42. The van der Waals surface area contributed by atoms with Gasteiger partial charge in [0.1, 0.15) is 31.6 Å². The smallest absolute Gasteiger partial charge is 0.408 e. The molecule has 0 radical (unpaired) electrons. The largest absolute Gasteiger partial charge is 0.489 e. The van der Waals surface area contributed by atoms with Gasteiger partial charge in [0.05, 0.1) is 24.6 Å². The van der Waals surface area contributed by atoms with Crippen LogP contribution in [0.2, 0.25) is 0 Å². The van der Waals surface area contributed by atoms with Crippen LogP contribution < -0.4 is 15.4 Å². The molecule has 0 unspecified atom stereocenters. The molecule has 1 aliphatic heterocycles. The molecule has 1 fully saturated rings. The number of aliphatic hydroxyl groups is 1. The van der Waals surface area contributed by atoms with E-state index in [1.807, 2.05) is 84.9 Å². The molecule has 0 saturated carbocycles. The van der Waals surface area contributed by atoms with Crippen LogP contribution in [0.4, 0.5) is 4.79 Å². The molecule has 1 aliphatic rings. The number of amides is 3. The van der Waals surface area contributed by atoms with Gasteiger partial charge in [-0.25, -0.2) is 9.59 Å². The summed E-state index contributed by atoms with van der Waals surface area (Å²) < 4.78 is 16.7. The number of aliphatic hydroxyl groups excluding tert-OH is 1. The summed E-state index contributed by atoms with van der Waals surface area (Å²) in [5.41, 5.74) is 2.78. The van der Waals surface area contributed by atoms with Crippen molar-refractivity contribution in [2.75, 3.05) is 19.8 Å². The van der Waals surface area contributed by atoms with Crippen molar-refractivity contribution in [1.29, 1.82) is 0 Å². The van der Waals surface area contributed by atoms with Crippen molar-refractivity contribution in [3.63, 3.8) is 0 Å². The molecule has 0 aliphatic carbocycles. The van der Waals surface area contributed by atoms with Crippen LogP contribution in [0.15, 0.2) is 110 Å². The van der Waals surface area contributed by atoms with E-state index < -0.39 is 30.1 Å². The zero-order chi connectivity index (χ0) is 37.1. The fraction of sp³-hybridized carbons (Fsp3) is 0.366. The van der Waals surface area contributed by atoms with E-state index in [9.17, 15) is 24.3 Å². The summed E-state index contributed by atoms with van der Waals surface area (Å²) in [5, 5.41) is 15.5. The topological polar surface area (TPSA) is 143 Å². The first-order valence-corrected chi connectivity index (χ1v) is 17.6. The van der Waals surface area contributed by atoms with E-state index in [2.05, 4.69) is 23.8 Å². The summed E-state index contributed by atoms with van der Waals surface area (Å²) in [6.45, 7) is 8.07. The van der Waals surface area contributed by atoms with Gasteiger partial charge in [-0.15, -0.1) is 13.2 Å². The van der Waals surface area contributed by atoms with Gasteiger partial charge < -0.3 is 34.9 Å². The van der Waals surface area contributed by atoms with E-state index in [4.69, 9.17) is 14.2 Å². The average Bonchev–Trinajstić information content (AvgIpc) is 3.64. The molecule has 3 aromatic rings. The van der Waals surface area contributed by atoms with Crippen molar-refractivity contribution in [1.82, 2.24) is 15.5 Å². The maximum Gasteiger partial charge on any atom is 0.408 e. The summed E-state index contributed by atoms with van der Waals surface area (Å²) in [5.74, 6) is -1.22. The predicted molar refractivity (Wildman–Crippen MR) is 197 cm³/mol. The monoisotopic (exact) mass is 711 g/mol. The number of allylic oxidation sites excluding steroid dienone is 1. The van der Waals surface area contributed by atoms with E-state index in [0.717, 1.165) is 16.7 Å². The van der Waals surface area contributed by atoms with Gasteiger partial charge in [0.15, 0.2) is 0 Å². The molecule has 3 N–H and O–H groups in total. The highest BCUT2D eigenvalue weighted by molar-refractivity contribution is 5.86. The van der Waals surface area contributed by atoms with Gasteiger partial charge in [0, 0.05) is 13.0 Å². The first-order valence-electron chi connectivity index (χ1n) is 17.6. The van der Waals surface area contributed by atoms with Crippen LogP contribution >= 0.6 is 0 Å². The van der Waals surface area contributed by atoms with Crippen LogP contribution in [0.25, 0.3) is 0 Å². The molecule has 3 amide bonds. The van der Waals surface area contributed by atoms with Gasteiger partial charge in [-0.2, -0.15) is 0 Å². The lowest BCUT2D eigenvalue weighted by Crippen LogP contribution is -2.46. The maximum atomic E-state index is 13.7. The fourth-order valence-corrected chi connectivity index (χ4v) is 5.99. The van der Waals surface area contributed by atoms with Crippen LogP contribution in [0.5, 0.6) is 5.75 Å². The number of nitrogens with one attached hydrogen (secondary N) is 2. The van der Waals surface area contributed by atoms with Crippen molar-refractivity contribution < 1.29 is 38.5 Å². The molecule has 4 atom stereocenters. The highest BCUT2D eigenvalue weighted by Gasteiger charge is 2.35. The third-order valence-corrected chi connectivity index (χ3v) is 8.74. The van der Waals surface area contributed by atoms with E-state index >= 15 is 0 Å². The molecule has 52 heavy (non-hydrogen) atoms. The number of likely N-dealkylation sites (tertiary alicyclic amines) is 1. The molecule has 11 heteroatoms. The number of carbonyl (C=O) groups excluding carboxylic acids is 4. The summed E-state index contributed by atoms with van der Waals surface area (Å²) in [4.78, 5) is 53.9. The van der Waals surface area contributed by atoms with Crippen molar-refractivity contribution >= 4 is 23.9 Å². The minimum absolute atomic E-state index is 0.0474. The van der Waals surface area contributed by atoms with Crippen LogP contribution in [0, 0.1) is 5.92 Å². The number of alkyl carbamates (subject to hydrolysis) is 1. The van der Waals surface area contributed by atoms with Crippen molar-refractivity contribution in [3.8, 4) is 5.75 Å². The van der Waals surface area contributed by atoms with Crippen LogP contribution in [0.3, 0.4) is 0 Å². The number of ether oxygens (including phenoxy) is 3. The van der Waals surface area contributed by atoms with Gasteiger partial charge in [0.25, 0.3) is 0 Å². The van der Waals surface area contributed by atoms with E-state index in [1.165, 1.54) is 6.08 Å². The Bertz CT molecular complexity index is 1600. The van der Waals surface area contributed by atoms with Gasteiger partial charge in [-0.3, -0.25) is 9.59 Å². The molecular formula is C41H49N3O8. The number of hydrogen-bond acceptors (Lipinski definition) is 8. The number of benzene rings is 3. The summed E-state index contributed by atoms with van der Waals surface area (Å²) in [6, 6.07) is 24.6. The average molecular weight is 712 g/mol. The molecule has 4 rings (SSSR count). The van der Waals surface area contributed by atoms with Crippen LogP contribution in [0.1, 0.15) is 48.8 Å². The van der Waals surface area contributed by atoms with E-state index in [-0.39, 0.29) is 56.9 Å². The number of carbonyl (C=O) groups is 4. The third kappa shape index (κ3) is 12.7. The van der Waals surface area contributed by atoms with Crippen LogP contribution in [-0.2, 0) is 43.5 Å². The second-order valence-corrected chi connectivity index (χ2v) is 12.7. The van der Waals surface area contributed by atoms with Crippen molar-refractivity contribution in [2.45, 2.75) is 69.9 Å². The zero-order valence-corrected chi connectivity index (χ0v) is 29.5. The molecular weight excluding hydrogens is 662 g/mol. The van der Waals surface area contributed by atoms with E-state index in [1.54, 1.807) is 11.0 Å². The molecule has 0 aromatic heterocycles. The quantitative estimate of drug-likeness (QED) is 0.106. The van der Waals surface area contributed by atoms with Gasteiger partial charge in [0.2, 0.25) is 11.8 Å². The molecule has 276 valence electrons. The Morgan fingerprint density at radius 1 is 0.827 bits per heavy atom. The van der Waals surface area contributed by atoms with E-state index in [0.29, 0.717) is 38.2 Å². The molecule has 0 bridgehead atoms. The number of rotatable bonds is 20. The Balaban J connectivity index is 1.25. The Morgan fingerprint density at radius 3 is 2.12 bits per heavy atom.